The maximum absolute atomic E-state index is 14.0. The molecule has 2 N–H and O–H groups in total. The summed E-state index contributed by atoms with van der Waals surface area (Å²) in [5.74, 6) is 0.502. The number of nitrogens with zero attached hydrogens (tertiary/aromatic N) is 2. The lowest BCUT2D eigenvalue weighted by Crippen LogP contribution is -2.52. The molecular weight excluding hydrogens is 253 g/mol. The van der Waals surface area contributed by atoms with E-state index < -0.39 is 0 Å². The van der Waals surface area contributed by atoms with Gasteiger partial charge in [-0.2, -0.15) is 0 Å². The van der Waals surface area contributed by atoms with Crippen LogP contribution < -0.4 is 5.73 Å². The fourth-order valence-electron chi connectivity index (χ4n) is 3.83. The molecule has 2 unspecified atom stereocenters. The summed E-state index contributed by atoms with van der Waals surface area (Å²) in [5, 5.41) is 0. The van der Waals surface area contributed by atoms with Crippen LogP contribution >= 0.6 is 0 Å². The van der Waals surface area contributed by atoms with E-state index >= 15 is 0 Å². The number of rotatable bonds is 2. The molecule has 3 rings (SSSR count). The molecule has 1 aromatic rings. The second-order valence-electron chi connectivity index (χ2n) is 6.29. The van der Waals surface area contributed by atoms with E-state index in [9.17, 15) is 4.39 Å². The van der Waals surface area contributed by atoms with Crippen molar-refractivity contribution in [2.45, 2.75) is 31.8 Å². The van der Waals surface area contributed by atoms with Crippen molar-refractivity contribution in [2.75, 3.05) is 32.4 Å². The lowest BCUT2D eigenvalue weighted by Gasteiger charge is -2.46. The highest BCUT2D eigenvalue weighted by Crippen LogP contribution is 2.30. The Labute approximate surface area is 120 Å². The highest BCUT2D eigenvalue weighted by molar-refractivity contribution is 5.42. The quantitative estimate of drug-likeness (QED) is 0.842. The number of piperidine rings is 2. The van der Waals surface area contributed by atoms with E-state index in [0.29, 0.717) is 6.54 Å². The van der Waals surface area contributed by atoms with Crippen LogP contribution in [0, 0.1) is 11.7 Å². The zero-order chi connectivity index (χ0) is 14.1. The monoisotopic (exact) mass is 277 g/mol. The lowest BCUT2D eigenvalue weighted by atomic mass is 9.84. The van der Waals surface area contributed by atoms with Gasteiger partial charge in [0.1, 0.15) is 0 Å². The van der Waals surface area contributed by atoms with Crippen LogP contribution in [0.5, 0.6) is 0 Å². The second kappa shape index (κ2) is 5.70. The molecule has 3 nitrogen and oxygen atoms in total. The Morgan fingerprint density at radius 1 is 1.30 bits per heavy atom. The lowest BCUT2D eigenvalue weighted by molar-refractivity contribution is 0.0351. The number of fused-ring (bicyclic) bond motifs is 1. The van der Waals surface area contributed by atoms with Gasteiger partial charge < -0.3 is 10.6 Å². The summed E-state index contributed by atoms with van der Waals surface area (Å²) in [7, 11) is 2.24. The summed E-state index contributed by atoms with van der Waals surface area (Å²) < 4.78 is 14.0. The zero-order valence-electron chi connectivity index (χ0n) is 12.2. The first-order valence-electron chi connectivity index (χ1n) is 7.60. The van der Waals surface area contributed by atoms with E-state index in [4.69, 9.17) is 5.73 Å². The van der Waals surface area contributed by atoms with Crippen molar-refractivity contribution in [3.63, 3.8) is 0 Å². The first-order valence-corrected chi connectivity index (χ1v) is 7.60. The first-order chi connectivity index (χ1) is 9.65. The SMILES string of the molecule is CN1CCCC2CN(Cc3cccc(N)c3F)CCC21. The molecule has 2 saturated heterocycles. The fraction of sp³-hybridized carbons (Fsp3) is 0.625. The summed E-state index contributed by atoms with van der Waals surface area (Å²) in [6.07, 6.45) is 3.80. The van der Waals surface area contributed by atoms with Crippen molar-refractivity contribution in [2.24, 2.45) is 5.92 Å². The van der Waals surface area contributed by atoms with Gasteiger partial charge in [0, 0.05) is 24.7 Å². The molecule has 0 spiro atoms. The topological polar surface area (TPSA) is 32.5 Å². The molecule has 110 valence electrons. The Morgan fingerprint density at radius 3 is 3.00 bits per heavy atom. The number of nitrogens with two attached hydrogens (primary N) is 1. The molecule has 2 aliphatic rings. The third kappa shape index (κ3) is 2.67. The molecule has 0 saturated carbocycles. The standard InChI is InChI=1S/C16H24FN3/c1-19-8-3-5-12-10-20(9-7-15(12)19)11-13-4-2-6-14(18)16(13)17/h2,4,6,12,15H,3,5,7-11,18H2,1H3. The van der Waals surface area contributed by atoms with Crippen LogP contribution in [0.25, 0.3) is 0 Å². The van der Waals surface area contributed by atoms with E-state index in [1.165, 1.54) is 25.8 Å². The average molecular weight is 277 g/mol. The molecule has 2 atom stereocenters. The number of anilines is 1. The Bertz CT molecular complexity index is 477. The van der Waals surface area contributed by atoms with Gasteiger partial charge in [-0.05, 0) is 51.4 Å². The van der Waals surface area contributed by atoms with Gasteiger partial charge >= 0.3 is 0 Å². The summed E-state index contributed by atoms with van der Waals surface area (Å²) >= 11 is 0. The van der Waals surface area contributed by atoms with Gasteiger partial charge in [-0.1, -0.05) is 12.1 Å². The number of hydrogen-bond acceptors (Lipinski definition) is 3. The van der Waals surface area contributed by atoms with Crippen LogP contribution in [0.3, 0.4) is 0 Å². The van der Waals surface area contributed by atoms with E-state index in [1.807, 2.05) is 12.1 Å². The van der Waals surface area contributed by atoms with E-state index in [0.717, 1.165) is 30.6 Å². The zero-order valence-corrected chi connectivity index (χ0v) is 12.2. The smallest absolute Gasteiger partial charge is 0.150 e. The molecule has 2 heterocycles. The van der Waals surface area contributed by atoms with Gasteiger partial charge in [0.05, 0.1) is 5.69 Å². The minimum Gasteiger partial charge on any atom is -0.396 e. The first kappa shape index (κ1) is 13.8. The molecule has 2 aliphatic heterocycles. The number of nitrogen functional groups attached to an aromatic ring is 1. The number of halogens is 1. The molecule has 0 bridgehead atoms. The third-order valence-corrected chi connectivity index (χ3v) is 4.93. The predicted octanol–water partition coefficient (Wildman–Crippen LogP) is 2.32. The molecule has 0 aromatic heterocycles. The van der Waals surface area contributed by atoms with Crippen molar-refractivity contribution in [1.82, 2.24) is 9.80 Å². The molecule has 1 aromatic carbocycles. The van der Waals surface area contributed by atoms with Gasteiger partial charge in [-0.3, -0.25) is 4.90 Å². The minimum absolute atomic E-state index is 0.240. The normalized spacial score (nSPS) is 28.3. The van der Waals surface area contributed by atoms with Crippen LogP contribution in [0.4, 0.5) is 10.1 Å². The van der Waals surface area contributed by atoms with Crippen molar-refractivity contribution in [1.29, 1.82) is 0 Å². The van der Waals surface area contributed by atoms with Crippen molar-refractivity contribution < 1.29 is 4.39 Å². The summed E-state index contributed by atoms with van der Waals surface area (Å²) in [6, 6.07) is 6.05. The van der Waals surface area contributed by atoms with Crippen LogP contribution in [0.15, 0.2) is 18.2 Å². The number of hydrogen-bond donors (Lipinski definition) is 1. The Balaban J connectivity index is 1.66. The molecule has 2 fully saturated rings. The van der Waals surface area contributed by atoms with E-state index in [1.54, 1.807) is 6.07 Å². The Kier molecular flexibility index (Phi) is 3.94. The van der Waals surface area contributed by atoms with E-state index in [2.05, 4.69) is 16.8 Å². The molecular formula is C16H24FN3. The van der Waals surface area contributed by atoms with Crippen molar-refractivity contribution >= 4 is 5.69 Å². The van der Waals surface area contributed by atoms with Gasteiger partial charge in [0.25, 0.3) is 0 Å². The van der Waals surface area contributed by atoms with Crippen LogP contribution in [-0.4, -0.2) is 42.5 Å². The van der Waals surface area contributed by atoms with Crippen molar-refractivity contribution in [3.8, 4) is 0 Å². The molecule has 20 heavy (non-hydrogen) atoms. The fourth-order valence-corrected chi connectivity index (χ4v) is 3.83. The largest absolute Gasteiger partial charge is 0.396 e. The van der Waals surface area contributed by atoms with Crippen LogP contribution in [0.2, 0.25) is 0 Å². The van der Waals surface area contributed by atoms with E-state index in [-0.39, 0.29) is 11.5 Å². The molecule has 4 heteroatoms. The molecule has 0 amide bonds. The Morgan fingerprint density at radius 2 is 2.15 bits per heavy atom. The maximum atomic E-state index is 14.0. The average Bonchev–Trinajstić information content (AvgIpc) is 2.44. The van der Waals surface area contributed by atoms with Gasteiger partial charge in [0.2, 0.25) is 0 Å². The predicted molar refractivity (Wildman–Crippen MR) is 79.8 cm³/mol. The minimum atomic E-state index is -0.240. The number of likely N-dealkylation sites (tertiary alicyclic amines) is 2. The Hall–Kier alpha value is -1.13. The summed E-state index contributed by atoms with van der Waals surface area (Å²) in [6.45, 7) is 4.05. The number of benzene rings is 1. The van der Waals surface area contributed by atoms with Crippen LogP contribution in [-0.2, 0) is 6.54 Å². The third-order valence-electron chi connectivity index (χ3n) is 4.93. The highest BCUT2D eigenvalue weighted by atomic mass is 19.1. The molecule has 0 radical (unpaired) electrons. The van der Waals surface area contributed by atoms with Gasteiger partial charge in [-0.15, -0.1) is 0 Å². The summed E-state index contributed by atoms with van der Waals surface area (Å²) in [5.41, 5.74) is 6.64. The van der Waals surface area contributed by atoms with Crippen molar-refractivity contribution in [3.05, 3.63) is 29.6 Å². The summed E-state index contributed by atoms with van der Waals surface area (Å²) in [4.78, 5) is 4.89. The maximum Gasteiger partial charge on any atom is 0.150 e. The van der Waals surface area contributed by atoms with Gasteiger partial charge in [0.15, 0.2) is 5.82 Å². The molecule has 0 aliphatic carbocycles. The second-order valence-corrected chi connectivity index (χ2v) is 6.29. The van der Waals surface area contributed by atoms with Gasteiger partial charge in [-0.25, -0.2) is 4.39 Å². The highest BCUT2D eigenvalue weighted by Gasteiger charge is 2.34. The van der Waals surface area contributed by atoms with Crippen LogP contribution in [0.1, 0.15) is 24.8 Å².